The third-order valence-electron chi connectivity index (χ3n) is 5.71. The predicted molar refractivity (Wildman–Crippen MR) is 123 cm³/mol. The van der Waals surface area contributed by atoms with Crippen molar-refractivity contribution < 1.29 is 14.3 Å². The lowest BCUT2D eigenvalue weighted by Gasteiger charge is -2.32. The minimum Gasteiger partial charge on any atom is -0.483 e. The van der Waals surface area contributed by atoms with Crippen LogP contribution in [-0.2, 0) is 21.4 Å². The summed E-state index contributed by atoms with van der Waals surface area (Å²) in [7, 11) is 0. The average Bonchev–Trinajstić information content (AvgIpc) is 2.73. The molecule has 5 nitrogen and oxygen atoms in total. The van der Waals surface area contributed by atoms with Crippen LogP contribution in [-0.4, -0.2) is 42.5 Å². The van der Waals surface area contributed by atoms with E-state index in [0.29, 0.717) is 19.5 Å². The Morgan fingerprint density at radius 2 is 1.74 bits per heavy atom. The molecule has 1 aliphatic heterocycles. The first kappa shape index (κ1) is 22.9. The van der Waals surface area contributed by atoms with Crippen molar-refractivity contribution in [3.8, 4) is 5.75 Å². The van der Waals surface area contributed by atoms with Crippen molar-refractivity contribution in [2.75, 3.05) is 19.7 Å². The van der Waals surface area contributed by atoms with Crippen LogP contribution in [0.5, 0.6) is 5.75 Å². The summed E-state index contributed by atoms with van der Waals surface area (Å²) in [5.41, 5.74) is 3.25. The molecule has 0 saturated carbocycles. The summed E-state index contributed by atoms with van der Waals surface area (Å²) in [6.07, 6.45) is 1.96. The first-order valence-corrected chi connectivity index (χ1v) is 11.1. The number of amides is 2. The lowest BCUT2D eigenvalue weighted by Crippen LogP contribution is -2.47. The van der Waals surface area contributed by atoms with Crippen LogP contribution >= 0.6 is 0 Å². The molecule has 0 atom stereocenters. The largest absolute Gasteiger partial charge is 0.483 e. The number of benzene rings is 2. The molecule has 0 bridgehead atoms. The summed E-state index contributed by atoms with van der Waals surface area (Å²) in [4.78, 5) is 26.9. The van der Waals surface area contributed by atoms with Gasteiger partial charge in [0.25, 0.3) is 5.91 Å². The SMILES string of the molecule is Cc1ccc(OCC(=O)NC2CCN(C(=O)Cc3ccccc3)CC2)c(C(C)(C)C)c1. The van der Waals surface area contributed by atoms with E-state index in [1.807, 2.05) is 47.4 Å². The highest BCUT2D eigenvalue weighted by molar-refractivity contribution is 5.79. The molecule has 166 valence electrons. The van der Waals surface area contributed by atoms with Crippen LogP contribution in [0.2, 0.25) is 0 Å². The Bertz CT molecular complexity index is 895. The number of aryl methyl sites for hydroxylation is 1. The molecule has 0 unspecified atom stereocenters. The molecule has 0 aromatic heterocycles. The number of carbonyl (C=O) groups excluding carboxylic acids is 2. The van der Waals surface area contributed by atoms with Crippen molar-refractivity contribution in [1.29, 1.82) is 0 Å². The molecule has 5 heteroatoms. The highest BCUT2D eigenvalue weighted by Gasteiger charge is 2.24. The third kappa shape index (κ3) is 6.58. The number of nitrogens with zero attached hydrogens (tertiary/aromatic N) is 1. The minimum atomic E-state index is -0.116. The number of hydrogen-bond acceptors (Lipinski definition) is 3. The van der Waals surface area contributed by atoms with Gasteiger partial charge in [-0.3, -0.25) is 9.59 Å². The molecule has 1 heterocycles. The lowest BCUT2D eigenvalue weighted by atomic mass is 9.85. The van der Waals surface area contributed by atoms with E-state index >= 15 is 0 Å². The summed E-state index contributed by atoms with van der Waals surface area (Å²) < 4.78 is 5.87. The van der Waals surface area contributed by atoms with Gasteiger partial charge in [0, 0.05) is 19.1 Å². The Kier molecular flexibility index (Phi) is 7.37. The Balaban J connectivity index is 1.45. The van der Waals surface area contributed by atoms with Gasteiger partial charge in [-0.15, -0.1) is 0 Å². The average molecular weight is 423 g/mol. The first-order valence-electron chi connectivity index (χ1n) is 11.1. The molecule has 2 aromatic carbocycles. The van der Waals surface area contributed by atoms with Gasteiger partial charge in [-0.25, -0.2) is 0 Å². The van der Waals surface area contributed by atoms with E-state index < -0.39 is 0 Å². The number of likely N-dealkylation sites (tertiary alicyclic amines) is 1. The van der Waals surface area contributed by atoms with Crippen LogP contribution in [0.3, 0.4) is 0 Å². The van der Waals surface area contributed by atoms with Gasteiger partial charge in [0.15, 0.2) is 6.61 Å². The monoisotopic (exact) mass is 422 g/mol. The van der Waals surface area contributed by atoms with Crippen LogP contribution in [0.4, 0.5) is 0 Å². The van der Waals surface area contributed by atoms with Crippen molar-refractivity contribution in [2.24, 2.45) is 0 Å². The highest BCUT2D eigenvalue weighted by atomic mass is 16.5. The van der Waals surface area contributed by atoms with Gasteiger partial charge in [0.2, 0.25) is 5.91 Å². The number of carbonyl (C=O) groups is 2. The zero-order valence-corrected chi connectivity index (χ0v) is 19.1. The van der Waals surface area contributed by atoms with E-state index in [0.717, 1.165) is 29.7 Å². The molecule has 3 rings (SSSR count). The van der Waals surface area contributed by atoms with Crippen LogP contribution in [0.15, 0.2) is 48.5 Å². The van der Waals surface area contributed by atoms with Gasteiger partial charge in [0.05, 0.1) is 6.42 Å². The predicted octanol–water partition coefficient (Wildman–Crippen LogP) is 4.02. The fraction of sp³-hybridized carbons (Fsp3) is 0.462. The Morgan fingerprint density at radius 3 is 2.39 bits per heavy atom. The number of nitrogens with one attached hydrogen (secondary N) is 1. The van der Waals surface area contributed by atoms with E-state index in [4.69, 9.17) is 4.74 Å². The van der Waals surface area contributed by atoms with E-state index in [2.05, 4.69) is 39.1 Å². The summed E-state index contributed by atoms with van der Waals surface area (Å²) >= 11 is 0. The van der Waals surface area contributed by atoms with Gasteiger partial charge < -0.3 is 15.0 Å². The van der Waals surface area contributed by atoms with E-state index in [1.165, 1.54) is 5.56 Å². The second-order valence-electron chi connectivity index (χ2n) is 9.42. The molecule has 0 radical (unpaired) electrons. The molecule has 0 spiro atoms. The molecule has 1 aliphatic rings. The topological polar surface area (TPSA) is 58.6 Å². The minimum absolute atomic E-state index is 0.000701. The molecule has 1 saturated heterocycles. The first-order chi connectivity index (χ1) is 14.7. The Morgan fingerprint density at radius 1 is 1.06 bits per heavy atom. The molecule has 31 heavy (non-hydrogen) atoms. The van der Waals surface area contributed by atoms with Crippen molar-refractivity contribution in [2.45, 2.75) is 58.4 Å². The fourth-order valence-corrected chi connectivity index (χ4v) is 3.92. The van der Waals surface area contributed by atoms with E-state index in [-0.39, 0.29) is 29.9 Å². The molecule has 1 N–H and O–H groups in total. The summed E-state index contributed by atoms with van der Waals surface area (Å²) in [6.45, 7) is 9.82. The van der Waals surface area contributed by atoms with Gasteiger partial charge in [-0.2, -0.15) is 0 Å². The molecular formula is C26H34N2O3. The van der Waals surface area contributed by atoms with E-state index in [9.17, 15) is 9.59 Å². The normalized spacial score (nSPS) is 14.9. The second-order valence-corrected chi connectivity index (χ2v) is 9.42. The Hall–Kier alpha value is -2.82. The standard InChI is InChI=1S/C26H34N2O3/c1-19-10-11-23(22(16-19)26(2,3)4)31-18-24(29)27-21-12-14-28(15-13-21)25(30)17-20-8-6-5-7-9-20/h5-11,16,21H,12-15,17-18H2,1-4H3,(H,27,29). The Labute approximate surface area is 185 Å². The quantitative estimate of drug-likeness (QED) is 0.765. The molecule has 2 amide bonds. The van der Waals surface area contributed by atoms with Gasteiger partial charge in [0.1, 0.15) is 5.75 Å². The van der Waals surface area contributed by atoms with Gasteiger partial charge >= 0.3 is 0 Å². The van der Waals surface area contributed by atoms with Crippen LogP contribution < -0.4 is 10.1 Å². The second kappa shape index (κ2) is 9.99. The number of hydrogen-bond donors (Lipinski definition) is 1. The van der Waals surface area contributed by atoms with Crippen molar-refractivity contribution in [3.05, 3.63) is 65.2 Å². The van der Waals surface area contributed by atoms with E-state index in [1.54, 1.807) is 0 Å². The zero-order valence-electron chi connectivity index (χ0n) is 19.1. The maximum Gasteiger partial charge on any atom is 0.258 e. The third-order valence-corrected chi connectivity index (χ3v) is 5.71. The van der Waals surface area contributed by atoms with Crippen LogP contribution in [0.1, 0.15) is 50.3 Å². The lowest BCUT2D eigenvalue weighted by molar-refractivity contribution is -0.131. The zero-order chi connectivity index (χ0) is 22.4. The summed E-state index contributed by atoms with van der Waals surface area (Å²) in [5, 5.41) is 3.07. The molecule has 2 aromatic rings. The molecule has 1 fully saturated rings. The fourth-order valence-electron chi connectivity index (χ4n) is 3.92. The maximum atomic E-state index is 12.5. The van der Waals surface area contributed by atoms with Crippen LogP contribution in [0, 0.1) is 6.92 Å². The molecular weight excluding hydrogens is 388 g/mol. The summed E-state index contributed by atoms with van der Waals surface area (Å²) in [6, 6.07) is 16.0. The van der Waals surface area contributed by atoms with Crippen molar-refractivity contribution in [1.82, 2.24) is 10.2 Å². The van der Waals surface area contributed by atoms with Gasteiger partial charge in [-0.05, 0) is 42.4 Å². The van der Waals surface area contributed by atoms with Crippen molar-refractivity contribution in [3.63, 3.8) is 0 Å². The number of ether oxygens (including phenoxy) is 1. The van der Waals surface area contributed by atoms with Crippen molar-refractivity contribution >= 4 is 11.8 Å². The number of rotatable bonds is 6. The maximum absolute atomic E-state index is 12.5. The molecule has 0 aliphatic carbocycles. The highest BCUT2D eigenvalue weighted by Crippen LogP contribution is 2.32. The smallest absolute Gasteiger partial charge is 0.258 e. The number of piperidine rings is 1. The van der Waals surface area contributed by atoms with Gasteiger partial charge in [-0.1, -0.05) is 68.8 Å². The van der Waals surface area contributed by atoms with Crippen LogP contribution in [0.25, 0.3) is 0 Å². The summed E-state index contributed by atoms with van der Waals surface area (Å²) in [5.74, 6) is 0.789.